The largest absolute Gasteiger partial charge is 3.00 e. The van der Waals surface area contributed by atoms with E-state index >= 15 is 0 Å². The van der Waals surface area contributed by atoms with Gasteiger partial charge in [-0.3, -0.25) is 0 Å². The van der Waals surface area contributed by atoms with Crippen LogP contribution in [0.5, 0.6) is 0 Å². The maximum Gasteiger partial charge on any atom is 3.00 e. The van der Waals surface area contributed by atoms with E-state index in [9.17, 15) is 0 Å². The Balaban J connectivity index is 0. The van der Waals surface area contributed by atoms with Crippen LogP contribution in [-0.2, 0) is 0 Å². The van der Waals surface area contributed by atoms with Crippen LogP contribution in [-0.4, -0.2) is 49.1 Å². The van der Waals surface area contributed by atoms with Crippen molar-refractivity contribution in [2.75, 3.05) is 24.6 Å². The molecular formula is C24H52PSb+4. The first-order chi connectivity index (χ1) is 12.2. The summed E-state index contributed by atoms with van der Waals surface area (Å²) in [7, 11) is -0.620. The number of hydrogen-bond acceptors (Lipinski definition) is 0. The van der Waals surface area contributed by atoms with Crippen molar-refractivity contribution < 1.29 is 0 Å². The fourth-order valence-corrected chi connectivity index (χ4v) is 9.28. The molecule has 0 nitrogen and oxygen atoms in total. The third-order valence-corrected chi connectivity index (χ3v) is 11.0. The first-order valence-corrected chi connectivity index (χ1v) is 14.6. The first-order valence-electron chi connectivity index (χ1n) is 12.1. The average molecular weight is 493 g/mol. The summed E-state index contributed by atoms with van der Waals surface area (Å²) in [5.41, 5.74) is 0. The van der Waals surface area contributed by atoms with E-state index < -0.39 is 7.26 Å². The van der Waals surface area contributed by atoms with Crippen LogP contribution >= 0.6 is 7.26 Å². The van der Waals surface area contributed by atoms with Gasteiger partial charge in [0.1, 0.15) is 0 Å². The van der Waals surface area contributed by atoms with Crippen LogP contribution in [0.1, 0.15) is 130 Å². The minimum absolute atomic E-state index is 0. The van der Waals surface area contributed by atoms with E-state index in [1.807, 2.05) is 0 Å². The molecule has 0 aliphatic rings. The Kier molecular flexibility index (Phi) is 25.5. The predicted molar refractivity (Wildman–Crippen MR) is 129 cm³/mol. The van der Waals surface area contributed by atoms with Gasteiger partial charge in [-0.1, -0.05) is 98.3 Å². The molecule has 0 amide bonds. The maximum absolute atomic E-state index is 2.38. The number of unbranched alkanes of at least 4 members (excludes halogenated alkanes) is 12. The average Bonchev–Trinajstić information content (AvgIpc) is 2.64. The molecule has 0 bridgehead atoms. The van der Waals surface area contributed by atoms with Crippen LogP contribution in [0.4, 0.5) is 0 Å². The van der Waals surface area contributed by atoms with Gasteiger partial charge >= 0.3 is 24.4 Å². The van der Waals surface area contributed by atoms with Gasteiger partial charge < -0.3 is 0 Å². The van der Waals surface area contributed by atoms with Crippen molar-refractivity contribution in [2.45, 2.75) is 130 Å². The molecule has 0 rings (SSSR count). The molecule has 0 aromatic carbocycles. The summed E-state index contributed by atoms with van der Waals surface area (Å²) in [5, 5.41) is 0. The van der Waals surface area contributed by atoms with Crippen LogP contribution in [0.3, 0.4) is 0 Å². The fraction of sp³-hybridized carbons (Fsp3) is 1.00. The van der Waals surface area contributed by atoms with Crippen LogP contribution in [0, 0.1) is 0 Å². The smallest absolute Gasteiger partial charge is 0.0654 e. The van der Waals surface area contributed by atoms with E-state index in [0.717, 1.165) is 0 Å². The quantitative estimate of drug-likeness (QED) is 0.0902. The van der Waals surface area contributed by atoms with Crippen LogP contribution in [0.25, 0.3) is 0 Å². The van der Waals surface area contributed by atoms with Crippen LogP contribution in [0.15, 0.2) is 0 Å². The predicted octanol–water partition coefficient (Wildman–Crippen LogP) is 8.94. The summed E-state index contributed by atoms with van der Waals surface area (Å²) in [4.78, 5) is 0. The van der Waals surface area contributed by atoms with Crippen molar-refractivity contribution in [3.8, 4) is 0 Å². The SMILES string of the molecule is CCCCCCCCCCCC[P+](CCCC)(CCCC)CCCC.[Sb+3]. The zero-order chi connectivity index (χ0) is 18.6. The molecule has 154 valence electrons. The summed E-state index contributed by atoms with van der Waals surface area (Å²) < 4.78 is 0. The fourth-order valence-electron chi connectivity index (χ4n) is 4.09. The molecule has 0 heterocycles. The first kappa shape index (κ1) is 29.4. The summed E-state index contributed by atoms with van der Waals surface area (Å²) >= 11 is 0. The van der Waals surface area contributed by atoms with E-state index in [1.54, 1.807) is 31.1 Å². The summed E-state index contributed by atoms with van der Waals surface area (Å²) in [5.74, 6) is 0. The van der Waals surface area contributed by atoms with Crippen molar-refractivity contribution in [2.24, 2.45) is 0 Å². The molecule has 2 radical (unpaired) electrons. The minimum Gasteiger partial charge on any atom is -0.0654 e. The summed E-state index contributed by atoms with van der Waals surface area (Å²) in [6.07, 6.45) is 30.0. The Morgan fingerprint density at radius 2 is 0.615 bits per heavy atom. The molecule has 0 aromatic heterocycles. The summed E-state index contributed by atoms with van der Waals surface area (Å²) in [6.45, 7) is 9.46. The Hall–Kier alpha value is 1.25. The van der Waals surface area contributed by atoms with Crippen LogP contribution < -0.4 is 0 Å². The van der Waals surface area contributed by atoms with E-state index in [2.05, 4.69) is 27.7 Å². The molecule has 0 aliphatic heterocycles. The van der Waals surface area contributed by atoms with Crippen molar-refractivity contribution in [1.82, 2.24) is 0 Å². The molecule has 0 aliphatic carbocycles. The van der Waals surface area contributed by atoms with Crippen molar-refractivity contribution in [3.05, 3.63) is 0 Å². The second-order valence-corrected chi connectivity index (χ2v) is 13.0. The summed E-state index contributed by atoms with van der Waals surface area (Å²) in [6, 6.07) is 0. The van der Waals surface area contributed by atoms with E-state index in [4.69, 9.17) is 0 Å². The standard InChI is InChI=1S/C24H52P.Sb/c1-5-9-13-14-15-16-17-18-19-20-24-25(21-10-6-2,22-11-7-3)23-12-8-4;/h5-24H2,1-4H3;/q+1;+3. The van der Waals surface area contributed by atoms with Gasteiger partial charge in [0.25, 0.3) is 0 Å². The zero-order valence-corrected chi connectivity index (χ0v) is 22.5. The van der Waals surface area contributed by atoms with Crippen LogP contribution in [0.2, 0.25) is 0 Å². The Morgan fingerprint density at radius 3 is 0.962 bits per heavy atom. The Morgan fingerprint density at radius 1 is 0.346 bits per heavy atom. The molecule has 0 N–H and O–H groups in total. The second kappa shape index (κ2) is 22.5. The Labute approximate surface area is 186 Å². The molecule has 0 fully saturated rings. The normalized spacial score (nSPS) is 11.5. The third-order valence-electron chi connectivity index (χ3n) is 5.94. The zero-order valence-electron chi connectivity index (χ0n) is 19.0. The van der Waals surface area contributed by atoms with Crippen molar-refractivity contribution in [1.29, 1.82) is 0 Å². The molecule has 0 saturated carbocycles. The topological polar surface area (TPSA) is 0 Å². The molecule has 0 unspecified atom stereocenters. The van der Waals surface area contributed by atoms with Crippen molar-refractivity contribution >= 4 is 31.7 Å². The van der Waals surface area contributed by atoms with Gasteiger partial charge in [0.05, 0.1) is 24.6 Å². The van der Waals surface area contributed by atoms with Gasteiger partial charge in [0.15, 0.2) is 0 Å². The molecular weight excluding hydrogens is 441 g/mol. The van der Waals surface area contributed by atoms with E-state index in [-0.39, 0.29) is 24.4 Å². The minimum atomic E-state index is -0.620. The second-order valence-electron chi connectivity index (χ2n) is 8.48. The molecule has 26 heavy (non-hydrogen) atoms. The van der Waals surface area contributed by atoms with Gasteiger partial charge in [-0.15, -0.1) is 0 Å². The van der Waals surface area contributed by atoms with Gasteiger partial charge in [-0.25, -0.2) is 0 Å². The van der Waals surface area contributed by atoms with Gasteiger partial charge in [0, 0.05) is 7.26 Å². The monoisotopic (exact) mass is 492 g/mol. The van der Waals surface area contributed by atoms with Gasteiger partial charge in [-0.05, 0) is 32.1 Å². The molecule has 2 heteroatoms. The maximum atomic E-state index is 2.38. The van der Waals surface area contributed by atoms with Gasteiger partial charge in [0.2, 0.25) is 0 Å². The molecule has 0 aromatic rings. The molecule has 0 saturated heterocycles. The molecule has 0 spiro atoms. The van der Waals surface area contributed by atoms with Crippen molar-refractivity contribution in [3.63, 3.8) is 0 Å². The van der Waals surface area contributed by atoms with E-state index in [0.29, 0.717) is 0 Å². The number of rotatable bonds is 20. The Bertz CT molecular complexity index is 233. The third kappa shape index (κ3) is 17.4. The molecule has 0 atom stereocenters. The van der Waals surface area contributed by atoms with E-state index in [1.165, 1.54) is 96.3 Å². The van der Waals surface area contributed by atoms with Gasteiger partial charge in [-0.2, -0.15) is 0 Å². The number of hydrogen-bond donors (Lipinski definition) is 0.